The van der Waals surface area contributed by atoms with E-state index in [4.69, 9.17) is 0 Å². The number of likely N-dealkylation sites (tertiary alicyclic amines) is 1. The average molecular weight is 239 g/mol. The van der Waals surface area contributed by atoms with Gasteiger partial charge in [-0.1, -0.05) is 0 Å². The Labute approximate surface area is 100 Å². The van der Waals surface area contributed by atoms with Crippen LogP contribution in [0.25, 0.3) is 0 Å². The Morgan fingerprint density at radius 2 is 2.29 bits per heavy atom. The highest BCUT2D eigenvalue weighted by molar-refractivity contribution is 5.39. The molecule has 1 fully saturated rings. The highest BCUT2D eigenvalue weighted by atomic mass is 19.1. The van der Waals surface area contributed by atoms with Crippen molar-refractivity contribution in [3.8, 4) is 0 Å². The maximum absolute atomic E-state index is 14.0. The quantitative estimate of drug-likeness (QED) is 0.840. The van der Waals surface area contributed by atoms with Gasteiger partial charge in [-0.3, -0.25) is 4.79 Å². The monoisotopic (exact) mass is 239 g/mol. The lowest BCUT2D eigenvalue weighted by molar-refractivity contribution is 0.105. The van der Waals surface area contributed by atoms with Gasteiger partial charge in [0, 0.05) is 26.3 Å². The van der Waals surface area contributed by atoms with Crippen LogP contribution < -0.4 is 10.9 Å². The normalized spacial score (nSPS) is 25.8. The summed E-state index contributed by atoms with van der Waals surface area (Å²) in [5, 5.41) is 2.83. The van der Waals surface area contributed by atoms with E-state index in [2.05, 4.69) is 5.32 Å². The summed E-state index contributed by atoms with van der Waals surface area (Å²) in [5.74, 6) is 0. The van der Waals surface area contributed by atoms with Crippen molar-refractivity contribution in [1.82, 2.24) is 9.47 Å². The second-order valence-electron chi connectivity index (χ2n) is 4.52. The first-order valence-corrected chi connectivity index (χ1v) is 5.85. The molecule has 0 amide bonds. The van der Waals surface area contributed by atoms with E-state index in [0.29, 0.717) is 18.7 Å². The minimum absolute atomic E-state index is 0.146. The zero-order chi connectivity index (χ0) is 12.4. The third-order valence-corrected chi connectivity index (χ3v) is 3.31. The van der Waals surface area contributed by atoms with Crippen LogP contribution in [0.5, 0.6) is 0 Å². The topological polar surface area (TPSA) is 37.3 Å². The number of halogens is 1. The summed E-state index contributed by atoms with van der Waals surface area (Å²) < 4.78 is 15.5. The molecule has 0 saturated carbocycles. The predicted molar refractivity (Wildman–Crippen MR) is 66.3 cm³/mol. The number of alkyl halides is 1. The van der Waals surface area contributed by atoms with Crippen molar-refractivity contribution in [3.05, 3.63) is 28.7 Å². The van der Waals surface area contributed by atoms with Crippen molar-refractivity contribution in [1.29, 1.82) is 0 Å². The third kappa shape index (κ3) is 2.34. The molecule has 2 rings (SSSR count). The number of hydrogen-bond donors (Lipinski definition) is 1. The van der Waals surface area contributed by atoms with Crippen LogP contribution in [0.4, 0.5) is 10.1 Å². The van der Waals surface area contributed by atoms with Crippen LogP contribution in [0.2, 0.25) is 0 Å². The Hall–Kier alpha value is -1.36. The minimum atomic E-state index is -0.987. The molecule has 5 heteroatoms. The number of nitrogens with one attached hydrogen (secondary N) is 1. The van der Waals surface area contributed by atoms with Crippen LogP contribution >= 0.6 is 0 Å². The first kappa shape index (κ1) is 12.1. The van der Waals surface area contributed by atoms with Gasteiger partial charge >= 0.3 is 0 Å². The lowest BCUT2D eigenvalue weighted by Crippen LogP contribution is -2.43. The molecule has 0 aromatic carbocycles. The molecule has 17 heavy (non-hydrogen) atoms. The van der Waals surface area contributed by atoms with Gasteiger partial charge in [0.1, 0.15) is 11.9 Å². The molecule has 0 unspecified atom stereocenters. The van der Waals surface area contributed by atoms with Crippen molar-refractivity contribution in [2.24, 2.45) is 0 Å². The molecular weight excluding hydrogens is 221 g/mol. The molecule has 1 aromatic heterocycles. The highest BCUT2D eigenvalue weighted by Gasteiger charge is 2.29. The fourth-order valence-corrected chi connectivity index (χ4v) is 2.32. The van der Waals surface area contributed by atoms with E-state index < -0.39 is 6.17 Å². The van der Waals surface area contributed by atoms with Crippen molar-refractivity contribution in [3.63, 3.8) is 0 Å². The van der Waals surface area contributed by atoms with Gasteiger partial charge in [-0.15, -0.1) is 0 Å². The smallest absolute Gasteiger partial charge is 0.274 e. The molecule has 1 aliphatic heterocycles. The number of nitrogens with zero attached hydrogens (tertiary/aromatic N) is 2. The van der Waals surface area contributed by atoms with Crippen LogP contribution in [0.1, 0.15) is 12.5 Å². The van der Waals surface area contributed by atoms with Crippen LogP contribution in [0.15, 0.2) is 23.1 Å². The fraction of sp³-hybridized carbons (Fsp3) is 0.583. The van der Waals surface area contributed by atoms with E-state index in [1.807, 2.05) is 11.9 Å². The largest absolute Gasteiger partial charge is 0.384 e. The van der Waals surface area contributed by atoms with Crippen LogP contribution in [0, 0.1) is 0 Å². The maximum atomic E-state index is 14.0. The van der Waals surface area contributed by atoms with Gasteiger partial charge in [-0.05, 0) is 25.6 Å². The van der Waals surface area contributed by atoms with Crippen molar-refractivity contribution < 1.29 is 4.39 Å². The number of piperidine rings is 1. The molecular formula is C12H18FN3O. The Balaban J connectivity index is 2.31. The molecule has 0 radical (unpaired) electrons. The zero-order valence-corrected chi connectivity index (χ0v) is 10.2. The molecule has 2 atom stereocenters. The minimum Gasteiger partial charge on any atom is -0.384 e. The summed E-state index contributed by atoms with van der Waals surface area (Å²) in [7, 11) is 3.60. The van der Waals surface area contributed by atoms with E-state index >= 15 is 0 Å². The third-order valence-electron chi connectivity index (χ3n) is 3.31. The molecule has 1 aliphatic rings. The maximum Gasteiger partial charge on any atom is 0.274 e. The summed E-state index contributed by atoms with van der Waals surface area (Å²) in [6.45, 7) is 1.21. The van der Waals surface area contributed by atoms with Crippen LogP contribution in [-0.4, -0.2) is 42.8 Å². The van der Waals surface area contributed by atoms with Crippen molar-refractivity contribution in [2.45, 2.75) is 18.6 Å². The van der Waals surface area contributed by atoms with E-state index in [1.54, 1.807) is 25.4 Å². The first-order valence-electron chi connectivity index (χ1n) is 5.85. The summed E-state index contributed by atoms with van der Waals surface area (Å²) in [4.78, 5) is 14.0. The molecule has 0 spiro atoms. The molecule has 1 N–H and O–H groups in total. The lowest BCUT2D eigenvalue weighted by Gasteiger charge is -2.33. The SMILES string of the molecule is CNc1cccn([C@@H]2CCN(C)C[C@@H]2F)c1=O. The second-order valence-corrected chi connectivity index (χ2v) is 4.52. The van der Waals surface area contributed by atoms with Gasteiger partial charge in [0.05, 0.1) is 6.04 Å². The van der Waals surface area contributed by atoms with Gasteiger partial charge in [0.25, 0.3) is 5.56 Å². The van der Waals surface area contributed by atoms with Crippen LogP contribution in [0.3, 0.4) is 0 Å². The number of rotatable bonds is 2. The van der Waals surface area contributed by atoms with Gasteiger partial charge in [0.2, 0.25) is 0 Å². The standard InChI is InChI=1S/C12H18FN3O/c1-14-10-4-3-6-16(12(10)17)11-5-7-15(2)8-9(11)13/h3-4,6,9,11,14H,5,7-8H2,1-2H3/t9-,11+/m0/s1. The van der Waals surface area contributed by atoms with Gasteiger partial charge < -0.3 is 14.8 Å². The number of anilines is 1. The lowest BCUT2D eigenvalue weighted by atomic mass is 10.0. The second kappa shape index (κ2) is 4.87. The molecule has 2 heterocycles. The summed E-state index contributed by atoms with van der Waals surface area (Å²) >= 11 is 0. The molecule has 1 saturated heterocycles. The van der Waals surface area contributed by atoms with Crippen LogP contribution in [-0.2, 0) is 0 Å². The Morgan fingerprint density at radius 1 is 1.53 bits per heavy atom. The summed E-state index contributed by atoms with van der Waals surface area (Å²) in [6.07, 6.45) is 1.36. The molecule has 1 aromatic rings. The van der Waals surface area contributed by atoms with Gasteiger partial charge in [-0.25, -0.2) is 4.39 Å². The zero-order valence-electron chi connectivity index (χ0n) is 10.2. The molecule has 0 aliphatic carbocycles. The number of hydrogen-bond acceptors (Lipinski definition) is 3. The Kier molecular flexibility index (Phi) is 3.47. The number of pyridine rings is 1. The van der Waals surface area contributed by atoms with Gasteiger partial charge in [0.15, 0.2) is 0 Å². The molecule has 0 bridgehead atoms. The van der Waals surface area contributed by atoms with E-state index in [9.17, 15) is 9.18 Å². The van der Waals surface area contributed by atoms with E-state index in [1.165, 1.54) is 4.57 Å². The van der Waals surface area contributed by atoms with E-state index in [-0.39, 0.29) is 11.6 Å². The van der Waals surface area contributed by atoms with Crippen molar-refractivity contribution >= 4 is 5.69 Å². The van der Waals surface area contributed by atoms with Crippen molar-refractivity contribution in [2.75, 3.05) is 32.5 Å². The Bertz CT molecular complexity index is 446. The first-order chi connectivity index (χ1) is 8.13. The predicted octanol–water partition coefficient (Wildman–Crippen LogP) is 1.10. The average Bonchev–Trinajstić information content (AvgIpc) is 2.30. The number of aromatic nitrogens is 1. The van der Waals surface area contributed by atoms with E-state index in [0.717, 1.165) is 6.54 Å². The highest BCUT2D eigenvalue weighted by Crippen LogP contribution is 2.23. The molecule has 4 nitrogen and oxygen atoms in total. The summed E-state index contributed by atoms with van der Waals surface area (Å²) in [5.41, 5.74) is 0.367. The van der Waals surface area contributed by atoms with Gasteiger partial charge in [-0.2, -0.15) is 0 Å². The molecule has 94 valence electrons. The Morgan fingerprint density at radius 3 is 2.94 bits per heavy atom. The summed E-state index contributed by atoms with van der Waals surface area (Å²) in [6, 6.07) is 3.14. The fourth-order valence-electron chi connectivity index (χ4n) is 2.32.